The number of halogens is 1. The van der Waals surface area contributed by atoms with Crippen LogP contribution >= 0.6 is 23.4 Å². The number of rotatable bonds is 4. The number of carbonyl (C=O) groups excluding carboxylic acids is 2. The molecule has 0 spiro atoms. The number of benzene rings is 3. The van der Waals surface area contributed by atoms with Gasteiger partial charge in [0.25, 0.3) is 11.8 Å². The third kappa shape index (κ3) is 3.49. The summed E-state index contributed by atoms with van der Waals surface area (Å²) in [6.45, 7) is 1.98. The quantitative estimate of drug-likeness (QED) is 0.520. The van der Waals surface area contributed by atoms with Gasteiger partial charge in [0.1, 0.15) is 0 Å². The van der Waals surface area contributed by atoms with E-state index in [0.717, 1.165) is 16.0 Å². The van der Waals surface area contributed by atoms with Gasteiger partial charge in [-0.05, 0) is 42.8 Å². The Balaban J connectivity index is 1.83. The van der Waals surface area contributed by atoms with Gasteiger partial charge in [0.05, 0.1) is 16.2 Å². The Morgan fingerprint density at radius 3 is 2.21 bits per heavy atom. The molecule has 0 atom stereocenters. The van der Waals surface area contributed by atoms with Crippen LogP contribution in [0.1, 0.15) is 11.1 Å². The Morgan fingerprint density at radius 2 is 1.54 bits per heavy atom. The average Bonchev–Trinajstić information content (AvgIpc) is 2.93. The monoisotopic (exact) mass is 405 g/mol. The van der Waals surface area contributed by atoms with Crippen LogP contribution in [0.15, 0.2) is 88.7 Å². The molecule has 0 aliphatic carbocycles. The molecule has 4 rings (SSSR count). The molecule has 3 aromatic carbocycles. The molecule has 3 nitrogen and oxygen atoms in total. The lowest BCUT2D eigenvalue weighted by Gasteiger charge is -2.15. The van der Waals surface area contributed by atoms with Crippen molar-refractivity contribution in [2.45, 2.75) is 11.8 Å². The molecule has 0 radical (unpaired) electrons. The van der Waals surface area contributed by atoms with Crippen LogP contribution in [-0.2, 0) is 9.59 Å². The molecule has 0 saturated carbocycles. The maximum atomic E-state index is 13.3. The van der Waals surface area contributed by atoms with Crippen LogP contribution in [0.4, 0.5) is 5.69 Å². The Labute approximate surface area is 172 Å². The van der Waals surface area contributed by atoms with Gasteiger partial charge in [-0.2, -0.15) is 0 Å². The summed E-state index contributed by atoms with van der Waals surface area (Å²) in [7, 11) is 0. The molecular weight excluding hydrogens is 390 g/mol. The van der Waals surface area contributed by atoms with E-state index in [2.05, 4.69) is 0 Å². The molecular formula is C23H16ClNO2S. The highest BCUT2D eigenvalue weighted by Gasteiger charge is 2.40. The first-order valence-electron chi connectivity index (χ1n) is 8.73. The van der Waals surface area contributed by atoms with Gasteiger partial charge in [-0.15, -0.1) is 0 Å². The zero-order valence-electron chi connectivity index (χ0n) is 15.1. The van der Waals surface area contributed by atoms with E-state index in [1.807, 2.05) is 61.5 Å². The van der Waals surface area contributed by atoms with Gasteiger partial charge in [-0.1, -0.05) is 77.5 Å². The maximum Gasteiger partial charge on any atom is 0.272 e. The fourth-order valence-electron chi connectivity index (χ4n) is 3.04. The second kappa shape index (κ2) is 7.66. The van der Waals surface area contributed by atoms with Gasteiger partial charge in [0, 0.05) is 9.92 Å². The van der Waals surface area contributed by atoms with Gasteiger partial charge in [-0.3, -0.25) is 9.59 Å². The molecule has 138 valence electrons. The summed E-state index contributed by atoms with van der Waals surface area (Å²) >= 11 is 7.39. The molecule has 0 bridgehead atoms. The van der Waals surface area contributed by atoms with Crippen LogP contribution in [0.25, 0.3) is 5.57 Å². The summed E-state index contributed by atoms with van der Waals surface area (Å²) in [5.74, 6) is -0.675. The number of nitrogens with zero attached hydrogens (tertiary/aromatic N) is 1. The molecule has 5 heteroatoms. The molecule has 28 heavy (non-hydrogen) atoms. The number of hydrogen-bond acceptors (Lipinski definition) is 3. The number of carbonyl (C=O) groups is 2. The summed E-state index contributed by atoms with van der Waals surface area (Å²) in [5, 5.41) is 0.471. The van der Waals surface area contributed by atoms with E-state index >= 15 is 0 Å². The van der Waals surface area contributed by atoms with Crippen molar-refractivity contribution in [3.05, 3.63) is 99.9 Å². The van der Waals surface area contributed by atoms with Gasteiger partial charge in [0.15, 0.2) is 0 Å². The zero-order valence-corrected chi connectivity index (χ0v) is 16.6. The first-order valence-corrected chi connectivity index (χ1v) is 9.92. The summed E-state index contributed by atoms with van der Waals surface area (Å²) in [5.41, 5.74) is 2.70. The normalized spacial score (nSPS) is 14.1. The molecule has 0 aromatic heterocycles. The molecule has 0 fully saturated rings. The van der Waals surface area contributed by atoms with Crippen LogP contribution in [0.5, 0.6) is 0 Å². The second-order valence-corrected chi connectivity index (χ2v) is 7.93. The van der Waals surface area contributed by atoms with Crippen molar-refractivity contribution in [3.63, 3.8) is 0 Å². The van der Waals surface area contributed by atoms with Crippen molar-refractivity contribution in [1.82, 2.24) is 0 Å². The maximum absolute atomic E-state index is 13.3. The highest BCUT2D eigenvalue weighted by molar-refractivity contribution is 8.04. The van der Waals surface area contributed by atoms with Gasteiger partial charge < -0.3 is 0 Å². The first kappa shape index (κ1) is 18.5. The minimum atomic E-state index is -0.338. The Morgan fingerprint density at radius 1 is 0.821 bits per heavy atom. The van der Waals surface area contributed by atoms with Crippen LogP contribution in [0.3, 0.4) is 0 Å². The topological polar surface area (TPSA) is 37.4 Å². The van der Waals surface area contributed by atoms with Crippen molar-refractivity contribution < 1.29 is 9.59 Å². The predicted molar refractivity (Wildman–Crippen MR) is 114 cm³/mol. The lowest BCUT2D eigenvalue weighted by Crippen LogP contribution is -2.31. The van der Waals surface area contributed by atoms with Crippen molar-refractivity contribution in [2.24, 2.45) is 0 Å². The minimum Gasteiger partial charge on any atom is -0.268 e. The Hall–Kier alpha value is -2.82. The highest BCUT2D eigenvalue weighted by atomic mass is 35.5. The van der Waals surface area contributed by atoms with E-state index in [1.54, 1.807) is 24.3 Å². The predicted octanol–water partition coefficient (Wildman–Crippen LogP) is 5.73. The lowest BCUT2D eigenvalue weighted by atomic mass is 10.0. The number of imide groups is 1. The number of thioether (sulfide) groups is 1. The average molecular weight is 406 g/mol. The second-order valence-electron chi connectivity index (χ2n) is 6.41. The largest absolute Gasteiger partial charge is 0.272 e. The van der Waals surface area contributed by atoms with Crippen LogP contribution in [0.2, 0.25) is 5.02 Å². The molecule has 3 aromatic rings. The molecule has 0 unspecified atom stereocenters. The molecule has 1 aliphatic rings. The van der Waals surface area contributed by atoms with Gasteiger partial charge >= 0.3 is 0 Å². The summed E-state index contributed by atoms with van der Waals surface area (Å²) in [4.78, 5) is 29.1. The van der Waals surface area contributed by atoms with E-state index < -0.39 is 0 Å². The number of anilines is 1. The van der Waals surface area contributed by atoms with Crippen LogP contribution in [0, 0.1) is 6.92 Å². The standard InChI is InChI=1S/C23H16ClNO2S/c1-15-10-12-16(13-11-15)20-21(28-19-8-3-2-4-9-19)23(27)25(22(20)26)18-7-5-6-17(24)14-18/h2-14H,1H3. The van der Waals surface area contributed by atoms with E-state index in [-0.39, 0.29) is 11.8 Å². The third-order valence-electron chi connectivity index (χ3n) is 4.41. The molecule has 1 heterocycles. The molecule has 0 N–H and O–H groups in total. The smallest absolute Gasteiger partial charge is 0.268 e. The summed E-state index contributed by atoms with van der Waals surface area (Å²) in [6.07, 6.45) is 0. The highest BCUT2D eigenvalue weighted by Crippen LogP contribution is 2.41. The summed E-state index contributed by atoms with van der Waals surface area (Å²) in [6, 6.07) is 24.0. The van der Waals surface area contributed by atoms with Crippen molar-refractivity contribution in [1.29, 1.82) is 0 Å². The number of aryl methyl sites for hydroxylation is 1. The van der Waals surface area contributed by atoms with Crippen molar-refractivity contribution in [2.75, 3.05) is 4.90 Å². The summed E-state index contributed by atoms with van der Waals surface area (Å²) < 4.78 is 0. The minimum absolute atomic E-state index is 0.336. The van der Waals surface area contributed by atoms with E-state index in [1.165, 1.54) is 16.7 Å². The van der Waals surface area contributed by atoms with Crippen molar-refractivity contribution >= 4 is 46.4 Å². The number of amides is 2. The van der Waals surface area contributed by atoms with E-state index in [4.69, 9.17) is 11.6 Å². The molecule has 2 amide bonds. The fourth-order valence-corrected chi connectivity index (χ4v) is 4.23. The molecule has 1 aliphatic heterocycles. The van der Waals surface area contributed by atoms with Crippen LogP contribution < -0.4 is 4.90 Å². The van der Waals surface area contributed by atoms with Gasteiger partial charge in [0.2, 0.25) is 0 Å². The van der Waals surface area contributed by atoms with Crippen molar-refractivity contribution in [3.8, 4) is 0 Å². The third-order valence-corrected chi connectivity index (χ3v) is 5.74. The lowest BCUT2D eigenvalue weighted by molar-refractivity contribution is -0.119. The number of hydrogen-bond donors (Lipinski definition) is 0. The fraction of sp³-hybridized carbons (Fsp3) is 0.0435. The Bertz CT molecular complexity index is 1090. The van der Waals surface area contributed by atoms with Gasteiger partial charge in [-0.25, -0.2) is 4.90 Å². The zero-order chi connectivity index (χ0) is 19.7. The van der Waals surface area contributed by atoms with Crippen LogP contribution in [-0.4, -0.2) is 11.8 Å². The molecule has 0 saturated heterocycles. The first-order chi connectivity index (χ1) is 13.5. The Kier molecular flexibility index (Phi) is 5.07. The van der Waals surface area contributed by atoms with E-state index in [9.17, 15) is 9.59 Å². The SMILES string of the molecule is Cc1ccc(C2=C(Sc3ccccc3)C(=O)N(c3cccc(Cl)c3)C2=O)cc1. The van der Waals surface area contributed by atoms with E-state index in [0.29, 0.717) is 21.2 Å².